The molecule has 0 heterocycles. The Balaban J connectivity index is 3.83. The number of aliphatic hydroxyl groups excluding tert-OH is 1. The van der Waals surface area contributed by atoms with Gasteiger partial charge < -0.3 is 15.3 Å². The van der Waals surface area contributed by atoms with Crippen LogP contribution in [0.4, 0.5) is 0 Å². The van der Waals surface area contributed by atoms with Gasteiger partial charge in [0, 0.05) is 19.7 Å². The largest absolute Gasteiger partial charge is 0.481 e. The number of hydrogen-bond donors (Lipinski definition) is 3. The predicted molar refractivity (Wildman–Crippen MR) is 48.0 cm³/mol. The molecule has 82 valence electrons. The summed E-state index contributed by atoms with van der Waals surface area (Å²) in [6, 6.07) is 0. The van der Waals surface area contributed by atoms with Crippen molar-refractivity contribution >= 4 is 11.9 Å². The van der Waals surface area contributed by atoms with Crippen molar-refractivity contribution in [3.05, 3.63) is 0 Å². The van der Waals surface area contributed by atoms with Crippen LogP contribution in [0.2, 0.25) is 0 Å². The number of aliphatic carboxylic acids is 2. The number of hydrogen-bond acceptors (Lipinski definition) is 4. The van der Waals surface area contributed by atoms with E-state index in [1.54, 1.807) is 0 Å². The number of carboxylic acid groups (broad SMARTS) is 2. The molecule has 6 nitrogen and oxygen atoms in total. The topological polar surface area (TPSA) is 98.1 Å². The quantitative estimate of drug-likeness (QED) is 0.481. The highest BCUT2D eigenvalue weighted by Gasteiger charge is 2.10. The molecule has 3 N–H and O–H groups in total. The van der Waals surface area contributed by atoms with E-state index in [2.05, 4.69) is 0 Å². The minimum absolute atomic E-state index is 0.0246. The highest BCUT2D eigenvalue weighted by atomic mass is 16.4. The van der Waals surface area contributed by atoms with E-state index in [9.17, 15) is 9.59 Å². The van der Waals surface area contributed by atoms with E-state index < -0.39 is 11.9 Å². The molecular formula is C8H15NO5. The van der Waals surface area contributed by atoms with Crippen molar-refractivity contribution in [3.63, 3.8) is 0 Å². The van der Waals surface area contributed by atoms with Gasteiger partial charge >= 0.3 is 11.9 Å². The lowest BCUT2D eigenvalue weighted by atomic mass is 10.3. The van der Waals surface area contributed by atoms with Crippen molar-refractivity contribution in [1.29, 1.82) is 0 Å². The van der Waals surface area contributed by atoms with Crippen molar-refractivity contribution in [1.82, 2.24) is 4.90 Å². The van der Waals surface area contributed by atoms with E-state index in [4.69, 9.17) is 15.3 Å². The molecule has 0 aliphatic rings. The van der Waals surface area contributed by atoms with Crippen LogP contribution in [0.5, 0.6) is 0 Å². The third-order valence-electron chi connectivity index (χ3n) is 1.63. The number of aliphatic hydroxyl groups is 1. The number of rotatable bonds is 8. The second-order valence-corrected chi connectivity index (χ2v) is 2.89. The molecule has 6 heteroatoms. The normalized spacial score (nSPS) is 10.4. The van der Waals surface area contributed by atoms with Crippen LogP contribution in [0.25, 0.3) is 0 Å². The molecule has 0 spiro atoms. The summed E-state index contributed by atoms with van der Waals surface area (Å²) in [5.74, 6) is -1.95. The summed E-state index contributed by atoms with van der Waals surface area (Å²) in [6.07, 6.45) is 0.367. The molecule has 0 saturated carbocycles. The molecule has 0 radical (unpaired) electrons. The van der Waals surface area contributed by atoms with Crippen LogP contribution in [0.15, 0.2) is 0 Å². The Labute approximate surface area is 81.8 Å². The maximum absolute atomic E-state index is 10.4. The van der Waals surface area contributed by atoms with Crippen molar-refractivity contribution in [2.75, 3.05) is 26.2 Å². The Morgan fingerprint density at radius 2 is 1.71 bits per heavy atom. The van der Waals surface area contributed by atoms with Crippen LogP contribution in [-0.4, -0.2) is 58.4 Å². The zero-order valence-corrected chi connectivity index (χ0v) is 7.85. The summed E-state index contributed by atoms with van der Waals surface area (Å²) in [6.45, 7) is 0.383. The van der Waals surface area contributed by atoms with Gasteiger partial charge in [0.25, 0.3) is 0 Å². The average Bonchev–Trinajstić information content (AvgIpc) is 2.09. The fourth-order valence-corrected chi connectivity index (χ4v) is 1.01. The van der Waals surface area contributed by atoms with Gasteiger partial charge in [-0.15, -0.1) is 0 Å². The molecular weight excluding hydrogens is 190 g/mol. The molecule has 0 saturated heterocycles. The maximum Gasteiger partial charge on any atom is 0.317 e. The Morgan fingerprint density at radius 1 is 1.07 bits per heavy atom. The minimum atomic E-state index is -0.992. The lowest BCUT2D eigenvalue weighted by molar-refractivity contribution is -0.141. The van der Waals surface area contributed by atoms with Gasteiger partial charge in [0.05, 0.1) is 13.0 Å². The van der Waals surface area contributed by atoms with Crippen LogP contribution < -0.4 is 0 Å². The van der Waals surface area contributed by atoms with Crippen molar-refractivity contribution in [2.24, 2.45) is 0 Å². The average molecular weight is 205 g/mol. The Hall–Kier alpha value is -1.14. The van der Waals surface area contributed by atoms with Gasteiger partial charge in [0.15, 0.2) is 0 Å². The molecule has 0 aliphatic carbocycles. The van der Waals surface area contributed by atoms with E-state index >= 15 is 0 Å². The summed E-state index contributed by atoms with van der Waals surface area (Å²) in [5, 5.41) is 25.4. The van der Waals surface area contributed by atoms with Crippen molar-refractivity contribution in [3.8, 4) is 0 Å². The summed E-state index contributed by atoms with van der Waals surface area (Å²) in [5.41, 5.74) is 0. The lowest BCUT2D eigenvalue weighted by Crippen LogP contribution is -2.33. The molecule has 0 bridgehead atoms. The van der Waals surface area contributed by atoms with E-state index in [0.717, 1.165) is 0 Å². The predicted octanol–water partition coefficient (Wildman–Crippen LogP) is -0.770. The fourth-order valence-electron chi connectivity index (χ4n) is 1.01. The summed E-state index contributed by atoms with van der Waals surface area (Å²) in [7, 11) is 0. The van der Waals surface area contributed by atoms with Gasteiger partial charge in [-0.05, 0) is 6.42 Å². The van der Waals surface area contributed by atoms with Crippen LogP contribution in [-0.2, 0) is 9.59 Å². The summed E-state index contributed by atoms with van der Waals surface area (Å²) >= 11 is 0. The Bertz CT molecular complexity index is 194. The standard InChI is InChI=1S/C8H15NO5/c10-5-1-3-9(6-8(13)14)4-2-7(11)12/h10H,1-6H2,(H,11,12)(H,13,14). The molecule has 0 aromatic rings. The van der Waals surface area contributed by atoms with E-state index in [0.29, 0.717) is 13.0 Å². The van der Waals surface area contributed by atoms with Gasteiger partial charge in [-0.1, -0.05) is 0 Å². The second-order valence-electron chi connectivity index (χ2n) is 2.89. The zero-order valence-electron chi connectivity index (χ0n) is 7.85. The number of carboxylic acids is 2. The Kier molecular flexibility index (Phi) is 6.69. The van der Waals surface area contributed by atoms with Crippen LogP contribution >= 0.6 is 0 Å². The maximum atomic E-state index is 10.4. The third-order valence-corrected chi connectivity index (χ3v) is 1.63. The highest BCUT2D eigenvalue weighted by Crippen LogP contribution is 1.94. The monoisotopic (exact) mass is 205 g/mol. The van der Waals surface area contributed by atoms with Gasteiger partial charge in [-0.25, -0.2) is 0 Å². The molecule has 0 aliphatic heterocycles. The first-order valence-corrected chi connectivity index (χ1v) is 4.33. The van der Waals surface area contributed by atoms with Crippen LogP contribution in [0.1, 0.15) is 12.8 Å². The molecule has 0 rings (SSSR count). The fraction of sp³-hybridized carbons (Fsp3) is 0.750. The van der Waals surface area contributed by atoms with Crippen LogP contribution in [0, 0.1) is 0 Å². The summed E-state index contributed by atoms with van der Waals surface area (Å²) in [4.78, 5) is 22.1. The number of nitrogens with zero attached hydrogens (tertiary/aromatic N) is 1. The van der Waals surface area contributed by atoms with Gasteiger partial charge in [0.1, 0.15) is 0 Å². The number of carbonyl (C=O) groups is 2. The third kappa shape index (κ3) is 7.51. The first-order chi connectivity index (χ1) is 6.56. The zero-order chi connectivity index (χ0) is 11.0. The van der Waals surface area contributed by atoms with Crippen LogP contribution in [0.3, 0.4) is 0 Å². The lowest BCUT2D eigenvalue weighted by Gasteiger charge is -2.18. The first kappa shape index (κ1) is 12.9. The smallest absolute Gasteiger partial charge is 0.317 e. The Morgan fingerprint density at radius 3 is 2.14 bits per heavy atom. The molecule has 0 unspecified atom stereocenters. The molecule has 14 heavy (non-hydrogen) atoms. The van der Waals surface area contributed by atoms with Crippen molar-refractivity contribution in [2.45, 2.75) is 12.8 Å². The van der Waals surface area contributed by atoms with E-state index in [1.807, 2.05) is 0 Å². The van der Waals surface area contributed by atoms with E-state index in [1.165, 1.54) is 4.90 Å². The summed E-state index contributed by atoms with van der Waals surface area (Å²) < 4.78 is 0. The van der Waals surface area contributed by atoms with Gasteiger partial charge in [0.2, 0.25) is 0 Å². The second kappa shape index (κ2) is 7.28. The molecule has 0 aromatic heterocycles. The van der Waals surface area contributed by atoms with E-state index in [-0.39, 0.29) is 26.1 Å². The SMILES string of the molecule is O=C(O)CCN(CCCO)CC(=O)O. The molecule has 0 fully saturated rings. The molecule has 0 aromatic carbocycles. The molecule has 0 amide bonds. The first-order valence-electron chi connectivity index (χ1n) is 4.33. The molecule has 0 atom stereocenters. The van der Waals surface area contributed by atoms with Gasteiger partial charge in [-0.3, -0.25) is 14.5 Å². The van der Waals surface area contributed by atoms with Crippen molar-refractivity contribution < 1.29 is 24.9 Å². The minimum Gasteiger partial charge on any atom is -0.481 e. The van der Waals surface area contributed by atoms with Gasteiger partial charge in [-0.2, -0.15) is 0 Å². The highest BCUT2D eigenvalue weighted by molar-refractivity contribution is 5.69.